The summed E-state index contributed by atoms with van der Waals surface area (Å²) in [6, 6.07) is 0. The van der Waals surface area contributed by atoms with E-state index in [2.05, 4.69) is 30.6 Å². The fourth-order valence-corrected chi connectivity index (χ4v) is 3.27. The zero-order valence-electron chi connectivity index (χ0n) is 13.9. The highest BCUT2D eigenvalue weighted by atomic mass is 16.4. The molecule has 1 aromatic heterocycles. The molecule has 2 heterocycles. The monoisotopic (exact) mass is 301 g/mol. The lowest BCUT2D eigenvalue weighted by molar-refractivity contribution is -0.136. The molecule has 0 saturated carbocycles. The molecule has 0 aliphatic carbocycles. The van der Waals surface area contributed by atoms with E-state index in [9.17, 15) is 9.90 Å². The van der Waals surface area contributed by atoms with Crippen molar-refractivity contribution in [3.8, 4) is 0 Å². The second-order valence-electron chi connectivity index (χ2n) is 6.23. The topological polar surface area (TPSA) is 42.2 Å². The quantitative estimate of drug-likeness (QED) is 0.908. The lowest BCUT2D eigenvalue weighted by Crippen LogP contribution is -2.33. The van der Waals surface area contributed by atoms with E-state index in [0.29, 0.717) is 5.92 Å². The number of hydrogen-bond acceptors (Lipinski definition) is 1. The summed E-state index contributed by atoms with van der Waals surface area (Å²) in [5.41, 5.74) is 2.25. The summed E-state index contributed by atoms with van der Waals surface area (Å²) in [6.45, 7) is 7.44. The van der Waals surface area contributed by atoms with Gasteiger partial charge in [-0.2, -0.15) is 0 Å². The fraction of sp³-hybridized carbons (Fsp3) is 0.526. The molecule has 0 spiro atoms. The highest BCUT2D eigenvalue weighted by molar-refractivity contribution is 5.71. The number of fused-ring (bicyclic) bond motifs is 1. The van der Waals surface area contributed by atoms with E-state index < -0.39 is 5.97 Å². The molecule has 22 heavy (non-hydrogen) atoms. The second kappa shape index (κ2) is 7.48. The van der Waals surface area contributed by atoms with E-state index in [1.165, 1.54) is 11.0 Å². The first-order chi connectivity index (χ1) is 10.6. The van der Waals surface area contributed by atoms with E-state index in [4.69, 9.17) is 0 Å². The average molecular weight is 301 g/mol. The minimum Gasteiger partial charge on any atom is -0.481 e. The minimum atomic E-state index is -0.746. The first-order valence-corrected chi connectivity index (χ1v) is 8.33. The molecule has 1 unspecified atom stereocenters. The van der Waals surface area contributed by atoms with Crippen molar-refractivity contribution in [2.24, 2.45) is 5.92 Å². The molecule has 0 radical (unpaired) electrons. The Labute approximate surface area is 132 Å². The summed E-state index contributed by atoms with van der Waals surface area (Å²) >= 11 is 0. The molecular weight excluding hydrogens is 274 g/mol. The van der Waals surface area contributed by atoms with Crippen molar-refractivity contribution in [1.29, 1.82) is 0 Å². The maximum Gasteiger partial charge on any atom is 0.307 e. The number of carboxylic acids is 1. The van der Waals surface area contributed by atoms with Gasteiger partial charge in [0.25, 0.3) is 0 Å². The Morgan fingerprint density at radius 2 is 2.23 bits per heavy atom. The summed E-state index contributed by atoms with van der Waals surface area (Å²) in [6.07, 6.45) is 12.7. The largest absolute Gasteiger partial charge is 0.481 e. The van der Waals surface area contributed by atoms with Gasteiger partial charge in [0.1, 0.15) is 0 Å². The van der Waals surface area contributed by atoms with Gasteiger partial charge in [-0.3, -0.25) is 4.79 Å². The van der Waals surface area contributed by atoms with E-state index in [1.54, 1.807) is 0 Å². The van der Waals surface area contributed by atoms with Gasteiger partial charge < -0.3 is 9.67 Å². The molecule has 1 atom stereocenters. The molecule has 0 fully saturated rings. The third-order valence-electron chi connectivity index (χ3n) is 4.34. The van der Waals surface area contributed by atoms with Gasteiger partial charge >= 0.3 is 5.97 Å². The molecule has 1 N–H and O–H groups in total. The normalized spacial score (nSPS) is 19.9. The van der Waals surface area contributed by atoms with Crippen molar-refractivity contribution in [2.75, 3.05) is 0 Å². The maximum absolute atomic E-state index is 11.3. The number of rotatable bonds is 5. The Balaban J connectivity index is 2.73. The predicted molar refractivity (Wildman–Crippen MR) is 91.2 cm³/mol. The van der Waals surface area contributed by atoms with Crippen LogP contribution in [-0.2, 0) is 24.2 Å². The molecule has 3 nitrogen and oxygen atoms in total. The van der Waals surface area contributed by atoms with Crippen LogP contribution < -0.4 is 10.6 Å². The van der Waals surface area contributed by atoms with Crippen LogP contribution in [0.2, 0.25) is 0 Å². The molecular formula is C19H27NO2. The smallest absolute Gasteiger partial charge is 0.307 e. The van der Waals surface area contributed by atoms with Gasteiger partial charge in [-0.05, 0) is 37.7 Å². The van der Waals surface area contributed by atoms with Crippen LogP contribution in [0, 0.1) is 5.92 Å². The summed E-state index contributed by atoms with van der Waals surface area (Å²) in [7, 11) is 0. The molecule has 0 amide bonds. The SMILES string of the molecule is C\C=C/C=c1/c(CC(=O)O)c2n(/c1=C\CCC)CC(C)CC2. The molecule has 1 aliphatic rings. The van der Waals surface area contributed by atoms with Gasteiger partial charge in [0.15, 0.2) is 0 Å². The van der Waals surface area contributed by atoms with Gasteiger partial charge in [0.05, 0.1) is 6.42 Å². The van der Waals surface area contributed by atoms with Crippen molar-refractivity contribution in [3.63, 3.8) is 0 Å². The van der Waals surface area contributed by atoms with Crippen LogP contribution in [-0.4, -0.2) is 15.6 Å². The summed E-state index contributed by atoms with van der Waals surface area (Å²) in [4.78, 5) is 11.3. The van der Waals surface area contributed by atoms with Crippen molar-refractivity contribution in [1.82, 2.24) is 4.57 Å². The second-order valence-corrected chi connectivity index (χ2v) is 6.23. The van der Waals surface area contributed by atoms with E-state index >= 15 is 0 Å². The van der Waals surface area contributed by atoms with Gasteiger partial charge in [-0.25, -0.2) is 0 Å². The number of aliphatic carboxylic acids is 1. The molecule has 3 heteroatoms. The Morgan fingerprint density at radius 1 is 1.45 bits per heavy atom. The minimum absolute atomic E-state index is 0.118. The number of carboxylic acid groups (broad SMARTS) is 1. The number of aromatic nitrogens is 1. The van der Waals surface area contributed by atoms with Gasteiger partial charge in [-0.15, -0.1) is 0 Å². The zero-order chi connectivity index (χ0) is 16.1. The number of allylic oxidation sites excluding steroid dienone is 2. The third-order valence-corrected chi connectivity index (χ3v) is 4.34. The number of unbranched alkanes of at least 4 members (excludes halogenated alkanes) is 1. The fourth-order valence-electron chi connectivity index (χ4n) is 3.27. The molecule has 120 valence electrons. The summed E-state index contributed by atoms with van der Waals surface area (Å²) in [5, 5.41) is 11.6. The Hall–Kier alpha value is -1.77. The van der Waals surface area contributed by atoms with Gasteiger partial charge in [0.2, 0.25) is 0 Å². The van der Waals surface area contributed by atoms with Gasteiger partial charge in [0, 0.05) is 22.8 Å². The summed E-state index contributed by atoms with van der Waals surface area (Å²) in [5.74, 6) is -0.0925. The van der Waals surface area contributed by atoms with Crippen molar-refractivity contribution in [2.45, 2.75) is 59.4 Å². The molecule has 1 aliphatic heterocycles. The third kappa shape index (κ3) is 3.52. The average Bonchev–Trinajstić information content (AvgIpc) is 2.75. The highest BCUT2D eigenvalue weighted by Gasteiger charge is 2.22. The molecule has 1 aromatic rings. The van der Waals surface area contributed by atoms with Crippen LogP contribution in [0.15, 0.2) is 12.2 Å². The lowest BCUT2D eigenvalue weighted by atomic mass is 9.97. The Kier molecular flexibility index (Phi) is 5.64. The standard InChI is InChI=1S/C19H27NO2/c1-4-6-8-15-16(12-19(21)22)18-11-10-14(3)13-20(18)17(15)9-7-5-2/h4,6,8-9,14H,5,7,10-13H2,1-3H3,(H,21,22)/b6-4-,15-8-,17-9-. The van der Waals surface area contributed by atoms with Crippen LogP contribution in [0.25, 0.3) is 12.2 Å². The van der Waals surface area contributed by atoms with Crippen LogP contribution in [0.1, 0.15) is 51.3 Å². The molecule has 2 rings (SSSR count). The first-order valence-electron chi connectivity index (χ1n) is 8.33. The maximum atomic E-state index is 11.3. The lowest BCUT2D eigenvalue weighted by Gasteiger charge is -2.22. The van der Waals surface area contributed by atoms with E-state index in [-0.39, 0.29) is 6.42 Å². The van der Waals surface area contributed by atoms with Crippen LogP contribution in [0.4, 0.5) is 0 Å². The number of hydrogen-bond donors (Lipinski definition) is 1. The number of carbonyl (C=O) groups is 1. The van der Waals surface area contributed by atoms with E-state index in [0.717, 1.165) is 43.0 Å². The van der Waals surface area contributed by atoms with Crippen LogP contribution >= 0.6 is 0 Å². The summed E-state index contributed by atoms with van der Waals surface area (Å²) < 4.78 is 2.37. The van der Waals surface area contributed by atoms with Gasteiger partial charge in [-0.1, -0.05) is 44.6 Å². The first kappa shape index (κ1) is 16.6. The predicted octanol–water partition coefficient (Wildman–Crippen LogP) is 2.63. The van der Waals surface area contributed by atoms with Crippen LogP contribution in [0.5, 0.6) is 0 Å². The van der Waals surface area contributed by atoms with Crippen molar-refractivity contribution < 1.29 is 9.90 Å². The molecule has 0 bridgehead atoms. The van der Waals surface area contributed by atoms with Crippen molar-refractivity contribution >= 4 is 18.1 Å². The molecule has 0 saturated heterocycles. The highest BCUT2D eigenvalue weighted by Crippen LogP contribution is 2.20. The van der Waals surface area contributed by atoms with E-state index in [1.807, 2.05) is 19.1 Å². The Morgan fingerprint density at radius 3 is 2.86 bits per heavy atom. The Bertz CT molecular complexity index is 679. The zero-order valence-corrected chi connectivity index (χ0v) is 13.9. The number of nitrogens with zero attached hydrogens (tertiary/aromatic N) is 1. The van der Waals surface area contributed by atoms with Crippen LogP contribution in [0.3, 0.4) is 0 Å². The molecule has 0 aromatic carbocycles. The van der Waals surface area contributed by atoms with Crippen molar-refractivity contribution in [3.05, 3.63) is 34.0 Å².